The van der Waals surface area contributed by atoms with Crippen molar-refractivity contribution in [2.45, 2.75) is 0 Å². The average Bonchev–Trinajstić information content (AvgIpc) is 3.07. The first-order valence-corrected chi connectivity index (χ1v) is 6.74. The van der Waals surface area contributed by atoms with Gasteiger partial charge >= 0.3 is 11.8 Å². The molecule has 7 nitrogen and oxygen atoms in total. The van der Waals surface area contributed by atoms with Gasteiger partial charge in [-0.15, -0.1) is 0 Å². The van der Waals surface area contributed by atoms with Crippen molar-refractivity contribution in [3.8, 4) is 17.1 Å². The number of hydrazone groups is 1. The lowest BCUT2D eigenvalue weighted by molar-refractivity contribution is 0.0911. The molecule has 0 unspecified atom stereocenters. The van der Waals surface area contributed by atoms with Gasteiger partial charge in [0.1, 0.15) is 5.75 Å². The van der Waals surface area contributed by atoms with Gasteiger partial charge in [0.25, 0.3) is 0 Å². The summed E-state index contributed by atoms with van der Waals surface area (Å²) in [7, 11) is 0. The second kappa shape index (κ2) is 6.52. The van der Waals surface area contributed by atoms with Crippen molar-refractivity contribution in [1.29, 1.82) is 0 Å². The second-order valence-electron chi connectivity index (χ2n) is 4.58. The third-order valence-electron chi connectivity index (χ3n) is 2.93. The van der Waals surface area contributed by atoms with E-state index in [1.807, 2.05) is 30.3 Å². The Morgan fingerprint density at radius 1 is 1.13 bits per heavy atom. The van der Waals surface area contributed by atoms with E-state index in [1.165, 1.54) is 18.3 Å². The molecule has 3 aromatic rings. The molecular weight excluding hydrogens is 296 g/mol. The summed E-state index contributed by atoms with van der Waals surface area (Å²) >= 11 is 0. The minimum Gasteiger partial charge on any atom is -0.508 e. The van der Waals surface area contributed by atoms with Gasteiger partial charge in [0, 0.05) is 5.56 Å². The molecule has 23 heavy (non-hydrogen) atoms. The lowest BCUT2D eigenvalue weighted by Gasteiger charge is -1.95. The van der Waals surface area contributed by atoms with Gasteiger partial charge in [0.15, 0.2) is 0 Å². The van der Waals surface area contributed by atoms with Gasteiger partial charge in [0.05, 0.1) is 6.21 Å². The number of nitrogens with one attached hydrogen (secondary N) is 1. The Bertz CT molecular complexity index is 826. The van der Waals surface area contributed by atoms with Crippen LogP contribution in [0.15, 0.2) is 64.2 Å². The summed E-state index contributed by atoms with van der Waals surface area (Å²) < 4.78 is 4.92. The maximum absolute atomic E-state index is 11.9. The molecule has 1 amide bonds. The van der Waals surface area contributed by atoms with Gasteiger partial charge in [-0.3, -0.25) is 4.79 Å². The molecule has 7 heteroatoms. The first-order chi connectivity index (χ1) is 11.2. The molecule has 0 fully saturated rings. The monoisotopic (exact) mass is 308 g/mol. The van der Waals surface area contributed by atoms with Gasteiger partial charge in [0.2, 0.25) is 5.82 Å². The third-order valence-corrected chi connectivity index (χ3v) is 2.93. The van der Waals surface area contributed by atoms with Gasteiger partial charge in [-0.1, -0.05) is 35.5 Å². The maximum atomic E-state index is 11.9. The summed E-state index contributed by atoms with van der Waals surface area (Å²) in [6, 6.07) is 15.5. The molecule has 0 radical (unpaired) electrons. The highest BCUT2D eigenvalue weighted by Gasteiger charge is 2.15. The van der Waals surface area contributed by atoms with Gasteiger partial charge < -0.3 is 9.63 Å². The number of hydrogen-bond donors (Lipinski definition) is 2. The van der Waals surface area contributed by atoms with Crippen molar-refractivity contribution in [2.75, 3.05) is 0 Å². The molecule has 1 heterocycles. The number of rotatable bonds is 4. The van der Waals surface area contributed by atoms with Crippen LogP contribution >= 0.6 is 0 Å². The molecule has 0 saturated heterocycles. The number of carbonyl (C=O) groups is 1. The van der Waals surface area contributed by atoms with Crippen LogP contribution in [0.1, 0.15) is 16.2 Å². The van der Waals surface area contributed by atoms with Crippen LogP contribution in [0.2, 0.25) is 0 Å². The summed E-state index contributed by atoms with van der Waals surface area (Å²) in [6.45, 7) is 0. The van der Waals surface area contributed by atoms with Gasteiger partial charge in [-0.05, 0) is 29.8 Å². The highest BCUT2D eigenvalue weighted by atomic mass is 16.5. The van der Waals surface area contributed by atoms with E-state index in [9.17, 15) is 9.90 Å². The minimum absolute atomic E-state index is 0.158. The molecule has 0 saturated carbocycles. The summed E-state index contributed by atoms with van der Waals surface area (Å²) in [5.41, 5.74) is 3.77. The SMILES string of the molecule is O=C(N/N=C/c1ccc(O)cc1)c1nc(-c2ccccc2)no1. The molecule has 0 aliphatic carbocycles. The van der Waals surface area contributed by atoms with Crippen molar-refractivity contribution in [3.05, 3.63) is 66.1 Å². The van der Waals surface area contributed by atoms with Gasteiger partial charge in [-0.25, -0.2) is 5.43 Å². The van der Waals surface area contributed by atoms with Crippen molar-refractivity contribution in [2.24, 2.45) is 5.10 Å². The first-order valence-electron chi connectivity index (χ1n) is 6.74. The number of phenols is 1. The van der Waals surface area contributed by atoms with Crippen LogP contribution < -0.4 is 5.43 Å². The Balaban J connectivity index is 1.65. The van der Waals surface area contributed by atoms with E-state index < -0.39 is 5.91 Å². The standard InChI is InChI=1S/C16H12N4O3/c21-13-8-6-11(7-9-13)10-17-19-15(22)16-18-14(20-23-16)12-4-2-1-3-5-12/h1-10,21H,(H,19,22)/b17-10+. The van der Waals surface area contributed by atoms with Gasteiger partial charge in [-0.2, -0.15) is 10.1 Å². The number of hydrogen-bond acceptors (Lipinski definition) is 6. The number of nitrogens with zero attached hydrogens (tertiary/aromatic N) is 3. The lowest BCUT2D eigenvalue weighted by atomic mass is 10.2. The van der Waals surface area contributed by atoms with E-state index in [4.69, 9.17) is 4.52 Å². The van der Waals surface area contributed by atoms with E-state index in [0.717, 1.165) is 11.1 Å². The van der Waals surface area contributed by atoms with Crippen LogP contribution in [0.4, 0.5) is 0 Å². The minimum atomic E-state index is -0.602. The molecule has 0 spiro atoms. The van der Waals surface area contributed by atoms with Crippen molar-refractivity contribution in [3.63, 3.8) is 0 Å². The summed E-state index contributed by atoms with van der Waals surface area (Å²) in [4.78, 5) is 15.9. The van der Waals surface area contributed by atoms with Crippen LogP contribution in [0.5, 0.6) is 5.75 Å². The van der Waals surface area contributed by atoms with Crippen molar-refractivity contribution < 1.29 is 14.4 Å². The Kier molecular flexibility index (Phi) is 4.10. The molecule has 0 aliphatic heterocycles. The predicted molar refractivity (Wildman–Crippen MR) is 82.9 cm³/mol. The maximum Gasteiger partial charge on any atom is 0.329 e. The summed E-state index contributed by atoms with van der Waals surface area (Å²) in [5.74, 6) is -0.287. The zero-order chi connectivity index (χ0) is 16.1. The molecule has 3 rings (SSSR count). The number of carbonyl (C=O) groups excluding carboxylic acids is 1. The zero-order valence-electron chi connectivity index (χ0n) is 11.9. The summed E-state index contributed by atoms with van der Waals surface area (Å²) in [6.07, 6.45) is 1.44. The molecule has 114 valence electrons. The third kappa shape index (κ3) is 3.59. The molecule has 2 aromatic carbocycles. The number of benzene rings is 2. The summed E-state index contributed by atoms with van der Waals surface area (Å²) in [5, 5.41) is 16.7. The second-order valence-corrected chi connectivity index (χ2v) is 4.58. The first kappa shape index (κ1) is 14.5. The normalized spacial score (nSPS) is 10.8. The average molecular weight is 308 g/mol. The van der Waals surface area contributed by atoms with E-state index in [-0.39, 0.29) is 11.6 Å². The molecule has 0 aliphatic rings. The lowest BCUT2D eigenvalue weighted by Crippen LogP contribution is -2.17. The number of amides is 1. The molecule has 2 N–H and O–H groups in total. The molecular formula is C16H12N4O3. The Morgan fingerprint density at radius 3 is 2.61 bits per heavy atom. The fourth-order valence-corrected chi connectivity index (χ4v) is 1.79. The van der Waals surface area contributed by atoms with Crippen LogP contribution in [-0.2, 0) is 0 Å². The Morgan fingerprint density at radius 2 is 1.87 bits per heavy atom. The van der Waals surface area contributed by atoms with Crippen molar-refractivity contribution >= 4 is 12.1 Å². The van der Waals surface area contributed by atoms with E-state index >= 15 is 0 Å². The van der Waals surface area contributed by atoms with E-state index in [0.29, 0.717) is 5.82 Å². The zero-order valence-corrected chi connectivity index (χ0v) is 11.9. The highest BCUT2D eigenvalue weighted by Crippen LogP contribution is 2.14. The number of phenolic OH excluding ortho intramolecular Hbond substituents is 1. The Labute approximate surface area is 131 Å². The van der Waals surface area contributed by atoms with Crippen LogP contribution in [0.25, 0.3) is 11.4 Å². The quantitative estimate of drug-likeness (QED) is 0.568. The topological polar surface area (TPSA) is 101 Å². The van der Waals surface area contributed by atoms with Crippen LogP contribution in [0.3, 0.4) is 0 Å². The van der Waals surface area contributed by atoms with Crippen LogP contribution in [-0.4, -0.2) is 27.4 Å². The molecule has 0 atom stereocenters. The van der Waals surface area contributed by atoms with Crippen LogP contribution in [0, 0.1) is 0 Å². The Hall–Kier alpha value is -3.48. The molecule has 0 bridgehead atoms. The predicted octanol–water partition coefficient (Wildman–Crippen LogP) is 2.21. The fourth-order valence-electron chi connectivity index (χ4n) is 1.79. The van der Waals surface area contributed by atoms with E-state index in [1.54, 1.807) is 12.1 Å². The number of aromatic hydroxyl groups is 1. The number of aromatic nitrogens is 2. The van der Waals surface area contributed by atoms with Crippen molar-refractivity contribution in [1.82, 2.24) is 15.6 Å². The fraction of sp³-hybridized carbons (Fsp3) is 0. The largest absolute Gasteiger partial charge is 0.508 e. The highest BCUT2D eigenvalue weighted by molar-refractivity contribution is 5.91. The smallest absolute Gasteiger partial charge is 0.329 e. The molecule has 1 aromatic heterocycles. The van der Waals surface area contributed by atoms with E-state index in [2.05, 4.69) is 20.7 Å².